The van der Waals surface area contributed by atoms with Gasteiger partial charge in [-0.1, -0.05) is 6.92 Å². The van der Waals surface area contributed by atoms with Gasteiger partial charge in [0.15, 0.2) is 0 Å². The van der Waals surface area contributed by atoms with Crippen LogP contribution in [0.4, 0.5) is 0 Å². The molecule has 3 nitrogen and oxygen atoms in total. The summed E-state index contributed by atoms with van der Waals surface area (Å²) in [5.74, 6) is -0.989. The van der Waals surface area contributed by atoms with Crippen molar-refractivity contribution in [2.24, 2.45) is 0 Å². The first-order valence-corrected chi connectivity index (χ1v) is 4.39. The van der Waals surface area contributed by atoms with Crippen molar-refractivity contribution < 1.29 is 9.47 Å². The molecule has 0 amide bonds. The van der Waals surface area contributed by atoms with Gasteiger partial charge >= 0.3 is 0 Å². The van der Waals surface area contributed by atoms with Crippen LogP contribution in [-0.4, -0.2) is 18.0 Å². The highest BCUT2D eigenvalue weighted by atomic mass is 16.7. The molecule has 0 aromatic heterocycles. The van der Waals surface area contributed by atoms with Gasteiger partial charge in [0.25, 0.3) is 5.79 Å². The zero-order valence-electron chi connectivity index (χ0n) is 7.83. The molecule has 0 radical (unpaired) electrons. The van der Waals surface area contributed by atoms with Crippen LogP contribution in [0.3, 0.4) is 0 Å². The third kappa shape index (κ3) is 1.77. The van der Waals surface area contributed by atoms with Crippen molar-refractivity contribution in [3.8, 4) is 6.07 Å². The standard InChI is InChI=1S/C9H15NO2/c1-4-9(6-10)11-7(2)5-8(3)12-9/h7-8H,4-5H2,1-3H3. The molecule has 3 heteroatoms. The molecule has 0 aliphatic carbocycles. The Kier molecular flexibility index (Phi) is 2.71. The van der Waals surface area contributed by atoms with Gasteiger partial charge in [0, 0.05) is 6.42 Å². The summed E-state index contributed by atoms with van der Waals surface area (Å²) in [5, 5.41) is 8.88. The Bertz CT molecular complexity index is 187. The van der Waals surface area contributed by atoms with E-state index in [0.717, 1.165) is 6.42 Å². The summed E-state index contributed by atoms with van der Waals surface area (Å²) in [5.41, 5.74) is 0. The van der Waals surface area contributed by atoms with Crippen molar-refractivity contribution in [2.75, 3.05) is 0 Å². The van der Waals surface area contributed by atoms with Gasteiger partial charge in [-0.15, -0.1) is 0 Å². The van der Waals surface area contributed by atoms with Crippen molar-refractivity contribution in [2.45, 2.75) is 51.6 Å². The predicted octanol–water partition coefficient (Wildman–Crippen LogP) is 1.83. The van der Waals surface area contributed by atoms with Crippen LogP contribution >= 0.6 is 0 Å². The fourth-order valence-corrected chi connectivity index (χ4v) is 1.54. The third-order valence-corrected chi connectivity index (χ3v) is 2.08. The molecule has 0 aromatic carbocycles. The van der Waals surface area contributed by atoms with Crippen molar-refractivity contribution >= 4 is 0 Å². The smallest absolute Gasteiger partial charge is 0.259 e. The fourth-order valence-electron chi connectivity index (χ4n) is 1.54. The zero-order valence-corrected chi connectivity index (χ0v) is 7.83. The minimum Gasteiger partial charge on any atom is -0.335 e. The van der Waals surface area contributed by atoms with Crippen LogP contribution in [-0.2, 0) is 9.47 Å². The van der Waals surface area contributed by atoms with Gasteiger partial charge in [0.1, 0.15) is 6.07 Å². The van der Waals surface area contributed by atoms with E-state index >= 15 is 0 Å². The lowest BCUT2D eigenvalue weighted by Crippen LogP contribution is -2.45. The van der Waals surface area contributed by atoms with Gasteiger partial charge in [-0.25, -0.2) is 0 Å². The van der Waals surface area contributed by atoms with Crippen LogP contribution < -0.4 is 0 Å². The molecule has 2 atom stereocenters. The normalized spacial score (nSPS) is 42.2. The van der Waals surface area contributed by atoms with Crippen molar-refractivity contribution in [1.29, 1.82) is 5.26 Å². The summed E-state index contributed by atoms with van der Waals surface area (Å²) in [6.07, 6.45) is 1.68. The summed E-state index contributed by atoms with van der Waals surface area (Å²) >= 11 is 0. The summed E-state index contributed by atoms with van der Waals surface area (Å²) in [4.78, 5) is 0. The summed E-state index contributed by atoms with van der Waals surface area (Å²) in [6.45, 7) is 5.84. The highest BCUT2D eigenvalue weighted by Gasteiger charge is 2.38. The minimum absolute atomic E-state index is 0.119. The average molecular weight is 169 g/mol. The molecule has 12 heavy (non-hydrogen) atoms. The lowest BCUT2D eigenvalue weighted by Gasteiger charge is -2.37. The Morgan fingerprint density at radius 1 is 1.42 bits per heavy atom. The summed E-state index contributed by atoms with van der Waals surface area (Å²) in [6, 6.07) is 2.08. The molecule has 0 saturated carbocycles. The van der Waals surface area contributed by atoms with Crippen molar-refractivity contribution in [1.82, 2.24) is 0 Å². The maximum absolute atomic E-state index is 8.88. The van der Waals surface area contributed by atoms with Crippen LogP contribution in [0, 0.1) is 11.3 Å². The second-order valence-electron chi connectivity index (χ2n) is 3.31. The van der Waals surface area contributed by atoms with Gasteiger partial charge in [-0.2, -0.15) is 5.26 Å². The Hall–Kier alpha value is -0.590. The molecule has 0 aromatic rings. The molecule has 2 unspecified atom stereocenters. The second-order valence-corrected chi connectivity index (χ2v) is 3.31. The Morgan fingerprint density at radius 2 is 1.92 bits per heavy atom. The van der Waals surface area contributed by atoms with E-state index in [0.29, 0.717) is 6.42 Å². The molecule has 1 aliphatic heterocycles. The number of ether oxygens (including phenoxy) is 2. The Labute approximate surface area is 73.3 Å². The van der Waals surface area contributed by atoms with Gasteiger partial charge in [0.2, 0.25) is 0 Å². The molecular formula is C9H15NO2. The van der Waals surface area contributed by atoms with Crippen LogP contribution in [0.2, 0.25) is 0 Å². The number of hydrogen-bond acceptors (Lipinski definition) is 3. The molecular weight excluding hydrogens is 154 g/mol. The molecule has 1 rings (SSSR count). The third-order valence-electron chi connectivity index (χ3n) is 2.08. The average Bonchev–Trinajstić information content (AvgIpc) is 2.02. The zero-order chi connectivity index (χ0) is 9.19. The first-order chi connectivity index (χ1) is 5.62. The molecule has 1 saturated heterocycles. The molecule has 0 spiro atoms. The summed E-state index contributed by atoms with van der Waals surface area (Å²) < 4.78 is 10.9. The number of hydrogen-bond donors (Lipinski definition) is 0. The van der Waals surface area contributed by atoms with Crippen molar-refractivity contribution in [3.63, 3.8) is 0 Å². The second kappa shape index (κ2) is 3.42. The van der Waals surface area contributed by atoms with E-state index in [2.05, 4.69) is 6.07 Å². The molecule has 0 bridgehead atoms. The van der Waals surface area contributed by atoms with E-state index in [-0.39, 0.29) is 12.2 Å². The topological polar surface area (TPSA) is 42.2 Å². The Balaban J connectivity index is 2.71. The van der Waals surface area contributed by atoms with E-state index in [1.54, 1.807) is 0 Å². The van der Waals surface area contributed by atoms with Crippen LogP contribution in [0.25, 0.3) is 0 Å². The van der Waals surface area contributed by atoms with Crippen molar-refractivity contribution in [3.05, 3.63) is 0 Å². The predicted molar refractivity (Wildman–Crippen MR) is 44.3 cm³/mol. The lowest BCUT2D eigenvalue weighted by molar-refractivity contribution is -0.281. The van der Waals surface area contributed by atoms with Crippen LogP contribution in [0.15, 0.2) is 0 Å². The number of nitriles is 1. The molecule has 1 heterocycles. The van der Waals surface area contributed by atoms with E-state index in [1.807, 2.05) is 20.8 Å². The highest BCUT2D eigenvalue weighted by Crippen LogP contribution is 2.28. The number of nitrogens with zero attached hydrogens (tertiary/aromatic N) is 1. The van der Waals surface area contributed by atoms with E-state index in [1.165, 1.54) is 0 Å². The number of rotatable bonds is 1. The van der Waals surface area contributed by atoms with E-state index in [9.17, 15) is 0 Å². The van der Waals surface area contributed by atoms with Gasteiger partial charge < -0.3 is 9.47 Å². The van der Waals surface area contributed by atoms with Gasteiger partial charge in [-0.05, 0) is 20.3 Å². The first-order valence-electron chi connectivity index (χ1n) is 4.39. The maximum Gasteiger partial charge on any atom is 0.259 e. The van der Waals surface area contributed by atoms with E-state index < -0.39 is 5.79 Å². The minimum atomic E-state index is -0.989. The molecule has 1 fully saturated rings. The largest absolute Gasteiger partial charge is 0.335 e. The quantitative estimate of drug-likeness (QED) is 0.601. The fraction of sp³-hybridized carbons (Fsp3) is 0.889. The Morgan fingerprint density at radius 3 is 2.25 bits per heavy atom. The van der Waals surface area contributed by atoms with Crippen LogP contribution in [0.5, 0.6) is 0 Å². The molecule has 1 aliphatic rings. The summed E-state index contributed by atoms with van der Waals surface area (Å²) in [7, 11) is 0. The molecule has 0 N–H and O–H groups in total. The highest BCUT2D eigenvalue weighted by molar-refractivity contribution is 4.96. The van der Waals surface area contributed by atoms with E-state index in [4.69, 9.17) is 14.7 Å². The van der Waals surface area contributed by atoms with Crippen LogP contribution in [0.1, 0.15) is 33.6 Å². The van der Waals surface area contributed by atoms with Gasteiger partial charge in [-0.3, -0.25) is 0 Å². The first kappa shape index (κ1) is 9.50. The van der Waals surface area contributed by atoms with Gasteiger partial charge in [0.05, 0.1) is 12.2 Å². The maximum atomic E-state index is 8.88. The lowest BCUT2D eigenvalue weighted by atomic mass is 10.1. The SMILES string of the molecule is CCC1(C#N)OC(C)CC(C)O1. The monoisotopic (exact) mass is 169 g/mol. The molecule has 68 valence electrons.